The Morgan fingerprint density at radius 2 is 2.16 bits per heavy atom. The molecule has 1 aromatic heterocycles. The van der Waals surface area contributed by atoms with Gasteiger partial charge >= 0.3 is 0 Å². The number of nitrogens with zero attached hydrogens (tertiary/aromatic N) is 2. The molecule has 3 rings (SSSR count). The van der Waals surface area contributed by atoms with Gasteiger partial charge in [-0.3, -0.25) is 0 Å². The number of fused-ring (bicyclic) bond motifs is 1. The molecule has 1 unspecified atom stereocenters. The minimum Gasteiger partial charge on any atom is -0.370 e. The van der Waals surface area contributed by atoms with Gasteiger partial charge in [-0.25, -0.2) is 4.68 Å². The fourth-order valence-electron chi connectivity index (χ4n) is 2.35. The molecule has 0 saturated heterocycles. The number of nitrogens with one attached hydrogen (secondary N) is 2. The fourth-order valence-corrected chi connectivity index (χ4v) is 2.47. The van der Waals surface area contributed by atoms with Crippen molar-refractivity contribution in [3.05, 3.63) is 47.1 Å². The SMILES string of the molecule is Clc1ccc(CNCC2CNc3ccnn3C2)cc1. The van der Waals surface area contributed by atoms with E-state index < -0.39 is 0 Å². The van der Waals surface area contributed by atoms with E-state index in [0.29, 0.717) is 5.92 Å². The summed E-state index contributed by atoms with van der Waals surface area (Å²) in [6.07, 6.45) is 1.84. The molecule has 2 N–H and O–H groups in total. The number of rotatable bonds is 4. The highest BCUT2D eigenvalue weighted by molar-refractivity contribution is 6.30. The first-order chi connectivity index (χ1) is 9.31. The first kappa shape index (κ1) is 12.5. The van der Waals surface area contributed by atoms with Crippen LogP contribution in [0.25, 0.3) is 0 Å². The Morgan fingerprint density at radius 3 is 3.00 bits per heavy atom. The molecule has 0 spiro atoms. The lowest BCUT2D eigenvalue weighted by Crippen LogP contribution is -2.35. The third-order valence-electron chi connectivity index (χ3n) is 3.39. The maximum atomic E-state index is 5.87. The Balaban J connectivity index is 1.47. The molecule has 0 radical (unpaired) electrons. The summed E-state index contributed by atoms with van der Waals surface area (Å²) in [5.41, 5.74) is 1.26. The summed E-state index contributed by atoms with van der Waals surface area (Å²) >= 11 is 5.87. The van der Waals surface area contributed by atoms with Crippen molar-refractivity contribution in [3.63, 3.8) is 0 Å². The van der Waals surface area contributed by atoms with E-state index in [-0.39, 0.29) is 0 Å². The predicted octanol–water partition coefficient (Wildman–Crippen LogP) is 2.37. The highest BCUT2D eigenvalue weighted by Gasteiger charge is 2.17. The summed E-state index contributed by atoms with van der Waals surface area (Å²) < 4.78 is 2.03. The summed E-state index contributed by atoms with van der Waals surface area (Å²) in [7, 11) is 0. The zero-order valence-corrected chi connectivity index (χ0v) is 11.4. The van der Waals surface area contributed by atoms with Crippen LogP contribution in [0.3, 0.4) is 0 Å². The Hall–Kier alpha value is -1.52. The normalized spacial score (nSPS) is 17.8. The molecule has 100 valence electrons. The van der Waals surface area contributed by atoms with Crippen LogP contribution in [0.2, 0.25) is 5.02 Å². The molecule has 0 fully saturated rings. The van der Waals surface area contributed by atoms with Gasteiger partial charge in [0.1, 0.15) is 5.82 Å². The highest BCUT2D eigenvalue weighted by Crippen LogP contribution is 2.15. The minimum atomic E-state index is 0.569. The molecule has 2 aromatic rings. The van der Waals surface area contributed by atoms with Gasteiger partial charge in [0.15, 0.2) is 0 Å². The number of anilines is 1. The summed E-state index contributed by atoms with van der Waals surface area (Å²) in [4.78, 5) is 0. The monoisotopic (exact) mass is 276 g/mol. The van der Waals surface area contributed by atoms with Crippen molar-refractivity contribution in [3.8, 4) is 0 Å². The third kappa shape index (κ3) is 3.08. The first-order valence-electron chi connectivity index (χ1n) is 6.52. The molecule has 1 aliphatic heterocycles. The molecule has 5 heteroatoms. The molecule has 2 heterocycles. The van der Waals surface area contributed by atoms with Gasteiger partial charge in [0.05, 0.1) is 6.20 Å². The lowest BCUT2D eigenvalue weighted by molar-refractivity contribution is 0.391. The Labute approximate surface area is 117 Å². The topological polar surface area (TPSA) is 41.9 Å². The largest absolute Gasteiger partial charge is 0.370 e. The zero-order chi connectivity index (χ0) is 13.1. The van der Waals surface area contributed by atoms with Gasteiger partial charge in [0.2, 0.25) is 0 Å². The molecule has 1 aliphatic rings. The quantitative estimate of drug-likeness (QED) is 0.901. The number of benzene rings is 1. The lowest BCUT2D eigenvalue weighted by atomic mass is 10.1. The fraction of sp³-hybridized carbons (Fsp3) is 0.357. The smallest absolute Gasteiger partial charge is 0.124 e. The van der Waals surface area contributed by atoms with Crippen LogP contribution in [0.1, 0.15) is 5.56 Å². The number of aromatic nitrogens is 2. The van der Waals surface area contributed by atoms with Gasteiger partial charge in [0, 0.05) is 43.2 Å². The molecule has 0 aliphatic carbocycles. The zero-order valence-electron chi connectivity index (χ0n) is 10.6. The van der Waals surface area contributed by atoms with E-state index in [4.69, 9.17) is 11.6 Å². The van der Waals surface area contributed by atoms with Crippen molar-refractivity contribution in [2.45, 2.75) is 13.1 Å². The Bertz CT molecular complexity index is 535. The Kier molecular flexibility index (Phi) is 3.71. The third-order valence-corrected chi connectivity index (χ3v) is 3.65. The summed E-state index contributed by atoms with van der Waals surface area (Å²) in [6.45, 7) is 3.83. The highest BCUT2D eigenvalue weighted by atomic mass is 35.5. The van der Waals surface area contributed by atoms with Crippen LogP contribution in [-0.4, -0.2) is 22.9 Å². The number of halogens is 1. The van der Waals surface area contributed by atoms with E-state index >= 15 is 0 Å². The van der Waals surface area contributed by atoms with Crippen molar-refractivity contribution in [2.75, 3.05) is 18.4 Å². The van der Waals surface area contributed by atoms with Gasteiger partial charge in [-0.1, -0.05) is 23.7 Å². The van der Waals surface area contributed by atoms with E-state index in [1.54, 1.807) is 0 Å². The number of hydrogen-bond acceptors (Lipinski definition) is 3. The van der Waals surface area contributed by atoms with Gasteiger partial charge in [-0.2, -0.15) is 5.10 Å². The van der Waals surface area contributed by atoms with Crippen LogP contribution < -0.4 is 10.6 Å². The summed E-state index contributed by atoms with van der Waals surface area (Å²) in [5.74, 6) is 1.69. The first-order valence-corrected chi connectivity index (χ1v) is 6.90. The lowest BCUT2D eigenvalue weighted by Gasteiger charge is -2.25. The molecular formula is C14H17ClN4. The second kappa shape index (κ2) is 5.63. The van der Waals surface area contributed by atoms with Crippen molar-refractivity contribution in [1.29, 1.82) is 0 Å². The Morgan fingerprint density at radius 1 is 1.32 bits per heavy atom. The van der Waals surface area contributed by atoms with Gasteiger partial charge in [-0.05, 0) is 17.7 Å². The summed E-state index contributed by atoms with van der Waals surface area (Å²) in [6, 6.07) is 9.98. The van der Waals surface area contributed by atoms with Crippen LogP contribution in [0.5, 0.6) is 0 Å². The molecule has 4 nitrogen and oxygen atoms in total. The van der Waals surface area contributed by atoms with E-state index in [1.165, 1.54) is 5.56 Å². The van der Waals surface area contributed by atoms with Crippen molar-refractivity contribution >= 4 is 17.4 Å². The predicted molar refractivity (Wildman–Crippen MR) is 77.4 cm³/mol. The molecular weight excluding hydrogens is 260 g/mol. The van der Waals surface area contributed by atoms with Crippen molar-refractivity contribution in [2.24, 2.45) is 5.92 Å². The average molecular weight is 277 g/mol. The van der Waals surface area contributed by atoms with Gasteiger partial charge < -0.3 is 10.6 Å². The molecule has 19 heavy (non-hydrogen) atoms. The van der Waals surface area contributed by atoms with Crippen molar-refractivity contribution in [1.82, 2.24) is 15.1 Å². The standard InChI is InChI=1S/C14H17ClN4/c15-13-3-1-11(2-4-13)7-16-8-12-9-17-14-5-6-18-19(14)10-12/h1-6,12,16-17H,7-10H2. The van der Waals surface area contributed by atoms with Gasteiger partial charge in [-0.15, -0.1) is 0 Å². The molecule has 0 amide bonds. The minimum absolute atomic E-state index is 0.569. The van der Waals surface area contributed by atoms with Crippen LogP contribution in [0, 0.1) is 5.92 Å². The van der Waals surface area contributed by atoms with Crippen LogP contribution >= 0.6 is 11.6 Å². The van der Waals surface area contributed by atoms with E-state index in [1.807, 2.05) is 29.1 Å². The molecule has 1 aromatic carbocycles. The van der Waals surface area contributed by atoms with E-state index in [0.717, 1.165) is 37.0 Å². The average Bonchev–Trinajstić information content (AvgIpc) is 2.88. The van der Waals surface area contributed by atoms with Crippen molar-refractivity contribution < 1.29 is 0 Å². The van der Waals surface area contributed by atoms with E-state index in [2.05, 4.69) is 27.9 Å². The van der Waals surface area contributed by atoms with Crippen LogP contribution in [-0.2, 0) is 13.1 Å². The van der Waals surface area contributed by atoms with Crippen LogP contribution in [0.4, 0.5) is 5.82 Å². The van der Waals surface area contributed by atoms with E-state index in [9.17, 15) is 0 Å². The molecule has 0 bridgehead atoms. The molecule has 0 saturated carbocycles. The second-order valence-electron chi connectivity index (χ2n) is 4.90. The van der Waals surface area contributed by atoms with Gasteiger partial charge in [0.25, 0.3) is 0 Å². The summed E-state index contributed by atoms with van der Waals surface area (Å²) in [5, 5.41) is 12.0. The molecule has 1 atom stereocenters. The number of hydrogen-bond donors (Lipinski definition) is 2. The maximum absolute atomic E-state index is 5.87. The van der Waals surface area contributed by atoms with Crippen LogP contribution in [0.15, 0.2) is 36.5 Å². The second-order valence-corrected chi connectivity index (χ2v) is 5.34. The maximum Gasteiger partial charge on any atom is 0.124 e.